The highest BCUT2D eigenvalue weighted by atomic mass is 35.5. The number of amides is 3. The number of hydrogen-bond donors (Lipinski definition) is 0. The summed E-state index contributed by atoms with van der Waals surface area (Å²) < 4.78 is 14.1. The molecule has 25 heavy (non-hydrogen) atoms. The Morgan fingerprint density at radius 3 is 2.24 bits per heavy atom. The van der Waals surface area contributed by atoms with Gasteiger partial charge in [0.05, 0.1) is 11.3 Å². The summed E-state index contributed by atoms with van der Waals surface area (Å²) in [6.45, 7) is 1.18. The molecule has 0 saturated carbocycles. The first-order valence-electron chi connectivity index (χ1n) is 8.21. The Hall–Kier alpha value is -2.40. The zero-order valence-corrected chi connectivity index (χ0v) is 14.4. The molecule has 1 heterocycles. The fourth-order valence-corrected chi connectivity index (χ4v) is 3.01. The van der Waals surface area contributed by atoms with Crippen molar-refractivity contribution in [2.75, 3.05) is 18.0 Å². The van der Waals surface area contributed by atoms with Crippen LogP contribution in [0, 0.1) is 5.82 Å². The van der Waals surface area contributed by atoms with Crippen molar-refractivity contribution in [2.24, 2.45) is 0 Å². The number of hydrogen-bond acceptors (Lipinski definition) is 2. The van der Waals surface area contributed by atoms with E-state index in [0.717, 1.165) is 24.2 Å². The fourth-order valence-electron chi connectivity index (χ4n) is 2.89. The molecule has 6 heteroatoms. The molecule has 130 valence electrons. The van der Waals surface area contributed by atoms with E-state index in [-0.39, 0.29) is 5.56 Å². The molecule has 0 aliphatic carbocycles. The van der Waals surface area contributed by atoms with Crippen LogP contribution >= 0.6 is 11.6 Å². The molecule has 1 saturated heterocycles. The number of imide groups is 1. The molecule has 0 radical (unpaired) electrons. The van der Waals surface area contributed by atoms with Crippen molar-refractivity contribution in [3.8, 4) is 0 Å². The average Bonchev–Trinajstić information content (AvgIpc) is 2.64. The lowest BCUT2D eigenvalue weighted by Crippen LogP contribution is -2.48. The summed E-state index contributed by atoms with van der Waals surface area (Å²) in [5, 5.41) is 0.493. The first-order valence-corrected chi connectivity index (χ1v) is 8.59. The van der Waals surface area contributed by atoms with E-state index in [1.165, 1.54) is 18.2 Å². The molecule has 1 fully saturated rings. The first-order chi connectivity index (χ1) is 12.1. The lowest BCUT2D eigenvalue weighted by molar-refractivity contribution is 0.0979. The van der Waals surface area contributed by atoms with E-state index in [9.17, 15) is 14.0 Å². The maximum absolute atomic E-state index is 14.1. The third-order valence-corrected chi connectivity index (χ3v) is 4.46. The van der Waals surface area contributed by atoms with Crippen LogP contribution in [0.3, 0.4) is 0 Å². The fraction of sp³-hybridized carbons (Fsp3) is 0.263. The van der Waals surface area contributed by atoms with Crippen LogP contribution in [0.4, 0.5) is 14.9 Å². The van der Waals surface area contributed by atoms with Crippen molar-refractivity contribution >= 4 is 29.2 Å². The predicted octanol–water partition coefficient (Wildman–Crippen LogP) is 4.73. The Kier molecular flexibility index (Phi) is 5.34. The molecule has 0 aromatic heterocycles. The van der Waals surface area contributed by atoms with E-state index < -0.39 is 17.8 Å². The van der Waals surface area contributed by atoms with E-state index in [1.807, 2.05) is 0 Å². The third-order valence-electron chi connectivity index (χ3n) is 4.21. The van der Waals surface area contributed by atoms with Crippen LogP contribution in [0.25, 0.3) is 0 Å². The monoisotopic (exact) mass is 360 g/mol. The van der Waals surface area contributed by atoms with Crippen LogP contribution in [-0.2, 0) is 0 Å². The molecule has 3 amide bonds. The average molecular weight is 361 g/mol. The predicted molar refractivity (Wildman–Crippen MR) is 95.5 cm³/mol. The number of carbonyl (C=O) groups excluding carboxylic acids is 2. The smallest absolute Gasteiger partial charge is 0.324 e. The molecule has 0 bridgehead atoms. The van der Waals surface area contributed by atoms with Gasteiger partial charge in [-0.3, -0.25) is 4.79 Å². The van der Waals surface area contributed by atoms with Crippen molar-refractivity contribution in [1.29, 1.82) is 0 Å². The van der Waals surface area contributed by atoms with Crippen LogP contribution in [0.5, 0.6) is 0 Å². The Labute approximate surface area is 150 Å². The van der Waals surface area contributed by atoms with Gasteiger partial charge in [-0.2, -0.15) is 0 Å². The number of piperidine rings is 1. The molecule has 1 aliphatic heterocycles. The van der Waals surface area contributed by atoms with E-state index in [1.54, 1.807) is 35.2 Å². The van der Waals surface area contributed by atoms with E-state index in [2.05, 4.69) is 0 Å². The molecular weight excluding hydrogens is 343 g/mol. The summed E-state index contributed by atoms with van der Waals surface area (Å²) in [7, 11) is 0. The lowest BCUT2D eigenvalue weighted by Gasteiger charge is -2.32. The zero-order chi connectivity index (χ0) is 17.8. The van der Waals surface area contributed by atoms with Crippen LogP contribution < -0.4 is 4.90 Å². The summed E-state index contributed by atoms with van der Waals surface area (Å²) in [6, 6.07) is 11.6. The van der Waals surface area contributed by atoms with Gasteiger partial charge in [-0.25, -0.2) is 14.1 Å². The molecule has 0 spiro atoms. The second kappa shape index (κ2) is 7.66. The largest absolute Gasteiger partial charge is 0.331 e. The number of rotatable bonds is 2. The molecule has 3 rings (SSSR count). The number of anilines is 1. The summed E-state index contributed by atoms with van der Waals surface area (Å²) >= 11 is 5.91. The molecule has 0 N–H and O–H groups in total. The molecule has 4 nitrogen and oxygen atoms in total. The van der Waals surface area contributed by atoms with Gasteiger partial charge in [0.15, 0.2) is 0 Å². The number of nitrogens with zero attached hydrogens (tertiary/aromatic N) is 2. The summed E-state index contributed by atoms with van der Waals surface area (Å²) in [4.78, 5) is 28.6. The van der Waals surface area contributed by atoms with E-state index in [0.29, 0.717) is 23.8 Å². The minimum absolute atomic E-state index is 0.136. The maximum atomic E-state index is 14.1. The SMILES string of the molecule is O=C(c1ccccc1F)N(C(=O)N1CCCCC1)c1ccc(Cl)cc1. The van der Waals surface area contributed by atoms with Crippen molar-refractivity contribution in [3.63, 3.8) is 0 Å². The van der Waals surface area contributed by atoms with Crippen molar-refractivity contribution in [2.45, 2.75) is 19.3 Å². The van der Waals surface area contributed by atoms with Crippen LogP contribution in [0.15, 0.2) is 48.5 Å². The van der Waals surface area contributed by atoms with Gasteiger partial charge in [-0.15, -0.1) is 0 Å². The Bertz CT molecular complexity index is 773. The topological polar surface area (TPSA) is 40.6 Å². The highest BCUT2D eigenvalue weighted by Gasteiger charge is 2.31. The van der Waals surface area contributed by atoms with Crippen molar-refractivity contribution in [1.82, 2.24) is 4.90 Å². The van der Waals surface area contributed by atoms with Gasteiger partial charge in [-0.05, 0) is 55.7 Å². The maximum Gasteiger partial charge on any atom is 0.331 e. The van der Waals surface area contributed by atoms with Gasteiger partial charge in [-0.1, -0.05) is 23.7 Å². The molecule has 1 aliphatic rings. The highest BCUT2D eigenvalue weighted by Crippen LogP contribution is 2.24. The second-order valence-electron chi connectivity index (χ2n) is 5.93. The molecule has 2 aromatic carbocycles. The van der Waals surface area contributed by atoms with Crippen molar-refractivity contribution < 1.29 is 14.0 Å². The van der Waals surface area contributed by atoms with Crippen LogP contribution in [0.1, 0.15) is 29.6 Å². The minimum atomic E-state index is -0.684. The molecular formula is C19H18ClFN2O2. The highest BCUT2D eigenvalue weighted by molar-refractivity contribution is 6.30. The van der Waals surface area contributed by atoms with Crippen LogP contribution in [0.2, 0.25) is 5.02 Å². The molecule has 0 unspecified atom stereocenters. The Balaban J connectivity index is 1.99. The number of benzene rings is 2. The summed E-state index contributed by atoms with van der Waals surface area (Å²) in [5.41, 5.74) is 0.232. The number of halogens is 2. The van der Waals surface area contributed by atoms with Gasteiger partial charge in [0.25, 0.3) is 5.91 Å². The van der Waals surface area contributed by atoms with E-state index >= 15 is 0 Å². The summed E-state index contributed by atoms with van der Waals surface area (Å²) in [6.07, 6.45) is 2.86. The number of urea groups is 1. The van der Waals surface area contributed by atoms with Gasteiger partial charge in [0.1, 0.15) is 5.82 Å². The number of carbonyl (C=O) groups is 2. The van der Waals surface area contributed by atoms with Gasteiger partial charge in [0, 0.05) is 18.1 Å². The molecule has 0 atom stereocenters. The first kappa shape index (κ1) is 17.4. The number of likely N-dealkylation sites (tertiary alicyclic amines) is 1. The quantitative estimate of drug-likeness (QED) is 0.776. The second-order valence-corrected chi connectivity index (χ2v) is 6.36. The van der Waals surface area contributed by atoms with Crippen molar-refractivity contribution in [3.05, 3.63) is 64.9 Å². The standard InChI is InChI=1S/C19H18ClFN2O2/c20-14-8-10-15(11-9-14)23(19(25)22-12-4-1-5-13-22)18(24)16-6-2-3-7-17(16)21/h2-3,6-11H,1,4-5,12-13H2. The van der Waals surface area contributed by atoms with E-state index in [4.69, 9.17) is 11.6 Å². The zero-order valence-electron chi connectivity index (χ0n) is 13.6. The van der Waals surface area contributed by atoms with Gasteiger partial charge >= 0.3 is 6.03 Å². The Morgan fingerprint density at radius 1 is 0.960 bits per heavy atom. The summed E-state index contributed by atoms with van der Waals surface area (Å²) in [5.74, 6) is -1.34. The lowest BCUT2D eigenvalue weighted by atomic mass is 10.1. The minimum Gasteiger partial charge on any atom is -0.324 e. The van der Waals surface area contributed by atoms with Gasteiger partial charge < -0.3 is 4.90 Å². The van der Waals surface area contributed by atoms with Crippen LogP contribution in [-0.4, -0.2) is 29.9 Å². The Morgan fingerprint density at radius 2 is 1.60 bits per heavy atom. The normalized spacial score (nSPS) is 14.2. The van der Waals surface area contributed by atoms with Gasteiger partial charge in [0.2, 0.25) is 0 Å². The molecule has 2 aromatic rings. The third kappa shape index (κ3) is 3.82.